The molecule has 1 atom stereocenters. The van der Waals surface area contributed by atoms with E-state index in [9.17, 15) is 14.0 Å². The summed E-state index contributed by atoms with van der Waals surface area (Å²) < 4.78 is 26.3. The van der Waals surface area contributed by atoms with Gasteiger partial charge in [-0.2, -0.15) is 0 Å². The van der Waals surface area contributed by atoms with E-state index in [1.807, 2.05) is 18.2 Å². The number of rotatable bonds is 5. The number of carbonyl (C=O) groups excluding carboxylic acids is 1. The molecule has 0 aliphatic carbocycles. The Morgan fingerprint density at radius 1 is 1.25 bits per heavy atom. The van der Waals surface area contributed by atoms with Gasteiger partial charge in [-0.15, -0.1) is 0 Å². The molecule has 1 aromatic heterocycles. The second-order valence-corrected chi connectivity index (χ2v) is 8.11. The first-order chi connectivity index (χ1) is 15.4. The quantitative estimate of drug-likeness (QED) is 0.558. The van der Waals surface area contributed by atoms with Crippen molar-refractivity contribution in [3.05, 3.63) is 96.4 Å². The first-order valence-corrected chi connectivity index (χ1v) is 10.8. The average molecular weight is 453 g/mol. The van der Waals surface area contributed by atoms with E-state index in [-0.39, 0.29) is 23.6 Å². The lowest BCUT2D eigenvalue weighted by atomic mass is 9.95. The molecule has 0 saturated carbocycles. The number of hydrogen-bond acceptors (Lipinski definition) is 6. The van der Waals surface area contributed by atoms with Crippen LogP contribution in [0, 0.1) is 5.82 Å². The van der Waals surface area contributed by atoms with Crippen molar-refractivity contribution in [1.82, 2.24) is 4.57 Å². The number of halogens is 1. The van der Waals surface area contributed by atoms with Gasteiger partial charge < -0.3 is 9.47 Å². The van der Waals surface area contributed by atoms with E-state index in [2.05, 4.69) is 4.99 Å². The van der Waals surface area contributed by atoms with Crippen molar-refractivity contribution in [1.29, 1.82) is 0 Å². The molecule has 3 aromatic rings. The maximum absolute atomic E-state index is 13.6. The molecule has 0 radical (unpaired) electrons. The molecule has 0 bridgehead atoms. The normalized spacial score (nSPS) is 15.9. The van der Waals surface area contributed by atoms with Crippen LogP contribution >= 0.6 is 11.3 Å². The molecule has 2 heterocycles. The first-order valence-electron chi connectivity index (χ1n) is 10.0. The first kappa shape index (κ1) is 21.7. The number of carbonyl (C=O) groups is 1. The molecule has 32 heavy (non-hydrogen) atoms. The van der Waals surface area contributed by atoms with Crippen LogP contribution < -0.4 is 19.6 Å². The largest absolute Gasteiger partial charge is 0.496 e. The number of methoxy groups -OCH3 is 1. The zero-order chi connectivity index (χ0) is 22.8. The Kier molecular flexibility index (Phi) is 6.05. The van der Waals surface area contributed by atoms with E-state index in [4.69, 9.17) is 9.47 Å². The van der Waals surface area contributed by atoms with E-state index in [0.717, 1.165) is 0 Å². The Bertz CT molecular complexity index is 1400. The van der Waals surface area contributed by atoms with E-state index in [0.29, 0.717) is 31.9 Å². The fourth-order valence-electron chi connectivity index (χ4n) is 3.73. The number of allylic oxidation sites excluding steroid dienone is 1. The second-order valence-electron chi connectivity index (χ2n) is 7.10. The van der Waals surface area contributed by atoms with Crippen LogP contribution in [0.4, 0.5) is 4.39 Å². The summed E-state index contributed by atoms with van der Waals surface area (Å²) in [6.07, 6.45) is 1.62. The van der Waals surface area contributed by atoms with Gasteiger partial charge >= 0.3 is 5.97 Å². The van der Waals surface area contributed by atoms with Gasteiger partial charge in [-0.25, -0.2) is 14.2 Å². The Morgan fingerprint density at radius 2 is 2.03 bits per heavy atom. The van der Waals surface area contributed by atoms with Crippen LogP contribution in [-0.4, -0.2) is 24.3 Å². The number of esters is 1. The number of ether oxygens (including phenoxy) is 2. The van der Waals surface area contributed by atoms with Gasteiger partial charge in [0.15, 0.2) is 4.80 Å². The molecule has 8 heteroatoms. The fraction of sp³-hybridized carbons (Fsp3) is 0.208. The highest BCUT2D eigenvalue weighted by Crippen LogP contribution is 2.35. The van der Waals surface area contributed by atoms with Crippen molar-refractivity contribution in [2.45, 2.75) is 19.9 Å². The summed E-state index contributed by atoms with van der Waals surface area (Å²) in [6, 6.07) is 12.4. The number of benzene rings is 2. The minimum atomic E-state index is -0.767. The highest BCUT2D eigenvalue weighted by atomic mass is 32.1. The predicted molar refractivity (Wildman–Crippen MR) is 120 cm³/mol. The Balaban J connectivity index is 2.00. The summed E-state index contributed by atoms with van der Waals surface area (Å²) in [5.74, 6) is -0.392. The second kappa shape index (κ2) is 8.92. The van der Waals surface area contributed by atoms with E-state index >= 15 is 0 Å². The van der Waals surface area contributed by atoms with Gasteiger partial charge in [0.2, 0.25) is 0 Å². The Hall–Kier alpha value is -3.52. The SMILES string of the molecule is CCOC(=O)C1=C(C)N=c2s/c(=C\c3cccc(F)c3)c(=O)n2[C@H]1c1ccccc1OC. The van der Waals surface area contributed by atoms with Crippen LogP contribution in [0.1, 0.15) is 31.0 Å². The van der Waals surface area contributed by atoms with Crippen LogP contribution in [-0.2, 0) is 9.53 Å². The maximum atomic E-state index is 13.6. The molecular formula is C24H21FN2O4S. The van der Waals surface area contributed by atoms with E-state index in [1.165, 1.54) is 35.1 Å². The average Bonchev–Trinajstić information content (AvgIpc) is 3.07. The lowest BCUT2D eigenvalue weighted by Crippen LogP contribution is -2.40. The van der Waals surface area contributed by atoms with Crippen molar-refractivity contribution in [2.24, 2.45) is 4.99 Å². The molecule has 0 amide bonds. The van der Waals surface area contributed by atoms with Gasteiger partial charge in [0.05, 0.1) is 29.5 Å². The van der Waals surface area contributed by atoms with Crippen LogP contribution in [0.2, 0.25) is 0 Å². The van der Waals surface area contributed by atoms with Gasteiger partial charge in [-0.3, -0.25) is 9.36 Å². The third-order valence-corrected chi connectivity index (χ3v) is 6.08. The summed E-state index contributed by atoms with van der Waals surface area (Å²) in [7, 11) is 1.53. The molecule has 4 rings (SSSR count). The number of para-hydroxylation sites is 1. The number of aromatic nitrogens is 1. The number of thiazole rings is 1. The van der Waals surface area contributed by atoms with Crippen molar-refractivity contribution >= 4 is 23.4 Å². The van der Waals surface area contributed by atoms with Crippen molar-refractivity contribution in [2.75, 3.05) is 13.7 Å². The molecule has 0 fully saturated rings. The van der Waals surface area contributed by atoms with Crippen molar-refractivity contribution in [3.8, 4) is 5.75 Å². The minimum Gasteiger partial charge on any atom is -0.496 e. The van der Waals surface area contributed by atoms with Crippen molar-refractivity contribution < 1.29 is 18.7 Å². The highest BCUT2D eigenvalue weighted by molar-refractivity contribution is 7.07. The van der Waals surface area contributed by atoms with Crippen molar-refractivity contribution in [3.63, 3.8) is 0 Å². The fourth-order valence-corrected chi connectivity index (χ4v) is 4.77. The van der Waals surface area contributed by atoms with Crippen LogP contribution in [0.5, 0.6) is 5.75 Å². The summed E-state index contributed by atoms with van der Waals surface area (Å²) in [5, 5.41) is 0. The summed E-state index contributed by atoms with van der Waals surface area (Å²) in [4.78, 5) is 31.4. The maximum Gasteiger partial charge on any atom is 0.338 e. The lowest BCUT2D eigenvalue weighted by Gasteiger charge is -2.25. The molecular weight excluding hydrogens is 431 g/mol. The molecule has 1 aliphatic rings. The molecule has 0 unspecified atom stereocenters. The molecule has 164 valence electrons. The van der Waals surface area contributed by atoms with Gasteiger partial charge in [0.1, 0.15) is 17.6 Å². The van der Waals surface area contributed by atoms with Gasteiger partial charge in [0.25, 0.3) is 5.56 Å². The molecule has 0 spiro atoms. The molecule has 0 N–H and O–H groups in total. The standard InChI is InChI=1S/C24H21FN2O4S/c1-4-31-23(29)20-14(2)26-24-27(21(20)17-10-5-6-11-18(17)30-3)22(28)19(32-24)13-15-8-7-9-16(25)12-15/h5-13,21H,4H2,1-3H3/b19-13-/t21-/m0/s1. The van der Waals surface area contributed by atoms with E-state index in [1.54, 1.807) is 38.1 Å². The molecule has 1 aliphatic heterocycles. The summed E-state index contributed by atoms with van der Waals surface area (Å²) in [6.45, 7) is 3.64. The minimum absolute atomic E-state index is 0.193. The van der Waals surface area contributed by atoms with Gasteiger partial charge in [-0.1, -0.05) is 41.7 Å². The Morgan fingerprint density at radius 3 is 2.75 bits per heavy atom. The third kappa shape index (κ3) is 3.89. The monoisotopic (exact) mass is 452 g/mol. The van der Waals surface area contributed by atoms with Gasteiger partial charge in [-0.05, 0) is 43.7 Å². The zero-order valence-electron chi connectivity index (χ0n) is 17.8. The number of fused-ring (bicyclic) bond motifs is 1. The topological polar surface area (TPSA) is 69.9 Å². The van der Waals surface area contributed by atoms with Gasteiger partial charge in [0, 0.05) is 5.56 Å². The summed E-state index contributed by atoms with van der Waals surface area (Å²) in [5.41, 5.74) is 1.62. The predicted octanol–water partition coefficient (Wildman–Crippen LogP) is 2.95. The molecule has 2 aromatic carbocycles. The van der Waals surface area contributed by atoms with Crippen LogP contribution in [0.25, 0.3) is 6.08 Å². The molecule has 0 saturated heterocycles. The lowest BCUT2D eigenvalue weighted by molar-refractivity contribution is -0.139. The zero-order valence-corrected chi connectivity index (χ0v) is 18.6. The number of nitrogens with zero attached hydrogens (tertiary/aromatic N) is 2. The third-order valence-electron chi connectivity index (χ3n) is 5.10. The smallest absolute Gasteiger partial charge is 0.338 e. The van der Waals surface area contributed by atoms with E-state index < -0.39 is 12.0 Å². The summed E-state index contributed by atoms with van der Waals surface area (Å²) >= 11 is 1.18. The highest BCUT2D eigenvalue weighted by Gasteiger charge is 2.34. The number of hydrogen-bond donors (Lipinski definition) is 0. The Labute approximate surface area is 187 Å². The van der Waals surface area contributed by atoms with Crippen LogP contribution in [0.15, 0.2) is 69.6 Å². The van der Waals surface area contributed by atoms with Crippen LogP contribution in [0.3, 0.4) is 0 Å². The molecule has 6 nitrogen and oxygen atoms in total.